The Morgan fingerprint density at radius 3 is 2.33 bits per heavy atom. The van der Waals surface area contributed by atoms with E-state index in [-0.39, 0.29) is 10.8 Å². The number of anilines is 2. The number of methoxy groups -OCH3 is 2. The van der Waals surface area contributed by atoms with Crippen molar-refractivity contribution in [1.82, 2.24) is 4.98 Å². The van der Waals surface area contributed by atoms with Gasteiger partial charge >= 0.3 is 6.18 Å². The lowest BCUT2D eigenvalue weighted by Crippen LogP contribution is -2.27. The number of benzene rings is 3. The van der Waals surface area contributed by atoms with E-state index in [0.29, 0.717) is 29.1 Å². The number of carbonyl (C=O) groups is 1. The number of amides is 1. The normalized spacial score (nSPS) is 11.5. The van der Waals surface area contributed by atoms with E-state index in [2.05, 4.69) is 4.98 Å². The molecule has 0 spiro atoms. The molecule has 4 aromatic rings. The molecule has 1 amide bonds. The molecule has 0 aliphatic heterocycles. The Balaban J connectivity index is 1.87. The third-order valence-electron chi connectivity index (χ3n) is 4.83. The van der Waals surface area contributed by atoms with Gasteiger partial charge in [-0.2, -0.15) is 13.2 Å². The van der Waals surface area contributed by atoms with Gasteiger partial charge in [0.05, 0.1) is 41.3 Å². The molecule has 0 saturated heterocycles. The SMILES string of the molecule is COc1ccc(N(C(=O)c2ccc(C(F)(F)F)cc2F)c2nc3ccccc3s2)cc1OC. The number of ether oxygens (including phenoxy) is 2. The van der Waals surface area contributed by atoms with Crippen molar-refractivity contribution < 1.29 is 31.8 Å². The van der Waals surface area contributed by atoms with Gasteiger partial charge in [0.1, 0.15) is 5.82 Å². The summed E-state index contributed by atoms with van der Waals surface area (Å²) >= 11 is 1.18. The highest BCUT2D eigenvalue weighted by molar-refractivity contribution is 7.22. The van der Waals surface area contributed by atoms with Crippen molar-refractivity contribution in [1.29, 1.82) is 0 Å². The van der Waals surface area contributed by atoms with E-state index >= 15 is 0 Å². The maximum absolute atomic E-state index is 14.7. The molecule has 0 bridgehead atoms. The van der Waals surface area contributed by atoms with Crippen LogP contribution in [0.4, 0.5) is 28.4 Å². The molecular formula is C23H16F4N2O3S. The van der Waals surface area contributed by atoms with Crippen molar-refractivity contribution in [3.63, 3.8) is 0 Å². The average Bonchev–Trinajstić information content (AvgIpc) is 3.21. The summed E-state index contributed by atoms with van der Waals surface area (Å²) < 4.78 is 64.9. The number of halogens is 4. The van der Waals surface area contributed by atoms with Crippen molar-refractivity contribution >= 4 is 38.3 Å². The van der Waals surface area contributed by atoms with Gasteiger partial charge in [0, 0.05) is 6.07 Å². The summed E-state index contributed by atoms with van der Waals surface area (Å²) in [5.74, 6) is -1.46. The standard InChI is InChI=1S/C23H16F4N2O3S/c1-31-18-10-8-14(12-19(18)32-2)29(22-28-17-5-3-4-6-20(17)33-22)21(30)15-9-7-13(11-16(15)24)23(25,26)27/h3-12H,1-2H3. The summed E-state index contributed by atoms with van der Waals surface area (Å²) in [4.78, 5) is 19.1. The fourth-order valence-corrected chi connectivity index (χ4v) is 4.20. The lowest BCUT2D eigenvalue weighted by Gasteiger charge is -2.22. The van der Waals surface area contributed by atoms with Crippen LogP contribution in [0.25, 0.3) is 10.2 Å². The molecule has 0 saturated carbocycles. The van der Waals surface area contributed by atoms with Crippen LogP contribution in [0.2, 0.25) is 0 Å². The van der Waals surface area contributed by atoms with Gasteiger partial charge in [-0.25, -0.2) is 9.37 Å². The Labute approximate surface area is 189 Å². The van der Waals surface area contributed by atoms with Gasteiger partial charge in [0.25, 0.3) is 5.91 Å². The van der Waals surface area contributed by atoms with Crippen molar-refractivity contribution in [2.45, 2.75) is 6.18 Å². The van der Waals surface area contributed by atoms with Crippen molar-refractivity contribution in [2.75, 3.05) is 19.1 Å². The van der Waals surface area contributed by atoms with Gasteiger partial charge in [-0.1, -0.05) is 23.5 Å². The molecule has 5 nitrogen and oxygen atoms in total. The van der Waals surface area contributed by atoms with Gasteiger partial charge in [-0.05, 0) is 42.5 Å². The topological polar surface area (TPSA) is 51.7 Å². The highest BCUT2D eigenvalue weighted by Crippen LogP contribution is 2.39. The van der Waals surface area contributed by atoms with E-state index in [1.807, 2.05) is 12.1 Å². The Morgan fingerprint density at radius 1 is 0.970 bits per heavy atom. The van der Waals surface area contributed by atoms with Crippen LogP contribution in [-0.2, 0) is 6.18 Å². The van der Waals surface area contributed by atoms with Crippen LogP contribution in [0.15, 0.2) is 60.7 Å². The van der Waals surface area contributed by atoms with Crippen LogP contribution < -0.4 is 14.4 Å². The van der Waals surface area contributed by atoms with E-state index < -0.39 is 29.0 Å². The highest BCUT2D eigenvalue weighted by Gasteiger charge is 2.33. The number of para-hydroxylation sites is 1. The summed E-state index contributed by atoms with van der Waals surface area (Å²) in [6.45, 7) is 0. The number of hydrogen-bond acceptors (Lipinski definition) is 5. The second-order valence-corrected chi connectivity index (χ2v) is 7.85. The smallest absolute Gasteiger partial charge is 0.416 e. The molecule has 0 N–H and O–H groups in total. The number of rotatable bonds is 5. The molecule has 0 fully saturated rings. The number of hydrogen-bond donors (Lipinski definition) is 0. The first-order valence-corrected chi connectivity index (χ1v) is 10.3. The van der Waals surface area contributed by atoms with Crippen LogP contribution in [-0.4, -0.2) is 25.1 Å². The van der Waals surface area contributed by atoms with E-state index in [1.54, 1.807) is 24.3 Å². The highest BCUT2D eigenvalue weighted by atomic mass is 32.1. The first kappa shape index (κ1) is 22.5. The predicted molar refractivity (Wildman–Crippen MR) is 117 cm³/mol. The van der Waals surface area contributed by atoms with Crippen LogP contribution in [0.5, 0.6) is 11.5 Å². The van der Waals surface area contributed by atoms with Crippen molar-refractivity contribution in [2.24, 2.45) is 0 Å². The van der Waals surface area contributed by atoms with Crippen LogP contribution in [0.3, 0.4) is 0 Å². The van der Waals surface area contributed by atoms with Gasteiger partial charge in [0.15, 0.2) is 16.6 Å². The average molecular weight is 476 g/mol. The zero-order valence-corrected chi connectivity index (χ0v) is 18.1. The van der Waals surface area contributed by atoms with Crippen molar-refractivity contribution in [3.05, 3.63) is 77.6 Å². The molecule has 4 rings (SSSR count). The molecule has 33 heavy (non-hydrogen) atoms. The fraction of sp³-hybridized carbons (Fsp3) is 0.130. The molecule has 1 aromatic heterocycles. The summed E-state index contributed by atoms with van der Waals surface area (Å²) in [5, 5.41) is 0.215. The molecule has 0 aliphatic rings. The summed E-state index contributed by atoms with van der Waals surface area (Å²) in [5.41, 5.74) is -0.828. The molecule has 0 aliphatic carbocycles. The monoisotopic (exact) mass is 476 g/mol. The lowest BCUT2D eigenvalue weighted by atomic mass is 10.1. The van der Waals surface area contributed by atoms with Crippen molar-refractivity contribution in [3.8, 4) is 11.5 Å². The first-order chi connectivity index (χ1) is 15.7. The third-order valence-corrected chi connectivity index (χ3v) is 5.85. The molecular weight excluding hydrogens is 460 g/mol. The number of thiazole rings is 1. The Morgan fingerprint density at radius 2 is 1.70 bits per heavy atom. The second kappa shape index (κ2) is 8.70. The summed E-state index contributed by atoms with van der Waals surface area (Å²) in [6, 6.07) is 13.6. The number of aromatic nitrogens is 1. The van der Waals surface area contributed by atoms with E-state index in [0.717, 1.165) is 15.7 Å². The zero-order chi connectivity index (χ0) is 23.8. The fourth-order valence-electron chi connectivity index (χ4n) is 3.22. The third kappa shape index (κ3) is 4.34. The van der Waals surface area contributed by atoms with Gasteiger partial charge < -0.3 is 9.47 Å². The van der Waals surface area contributed by atoms with Crippen LogP contribution in [0, 0.1) is 5.82 Å². The summed E-state index contributed by atoms with van der Waals surface area (Å²) in [7, 11) is 2.87. The molecule has 170 valence electrons. The molecule has 1 heterocycles. The maximum Gasteiger partial charge on any atom is 0.416 e. The number of nitrogens with zero attached hydrogens (tertiary/aromatic N) is 2. The van der Waals surface area contributed by atoms with Crippen LogP contribution >= 0.6 is 11.3 Å². The molecule has 0 radical (unpaired) electrons. The predicted octanol–water partition coefficient (Wildman–Crippen LogP) is 6.45. The lowest BCUT2D eigenvalue weighted by molar-refractivity contribution is -0.137. The minimum atomic E-state index is -4.74. The molecule has 3 aromatic carbocycles. The quantitative estimate of drug-likeness (QED) is 0.311. The summed E-state index contributed by atoms with van der Waals surface area (Å²) in [6.07, 6.45) is -4.74. The Hall–Kier alpha value is -3.66. The Kier molecular flexibility index (Phi) is 5.94. The van der Waals surface area contributed by atoms with E-state index in [4.69, 9.17) is 9.47 Å². The van der Waals surface area contributed by atoms with E-state index in [1.165, 1.54) is 31.6 Å². The zero-order valence-electron chi connectivity index (χ0n) is 17.3. The molecule has 10 heteroatoms. The Bertz CT molecular complexity index is 1300. The first-order valence-electron chi connectivity index (χ1n) is 9.51. The minimum absolute atomic E-state index is 0.215. The minimum Gasteiger partial charge on any atom is -0.493 e. The molecule has 0 unspecified atom stereocenters. The van der Waals surface area contributed by atoms with E-state index in [9.17, 15) is 22.4 Å². The number of carbonyl (C=O) groups excluding carboxylic acids is 1. The van der Waals surface area contributed by atoms with Gasteiger partial charge in [0.2, 0.25) is 0 Å². The maximum atomic E-state index is 14.7. The number of fused-ring (bicyclic) bond motifs is 1. The number of alkyl halides is 3. The molecule has 0 atom stereocenters. The van der Waals surface area contributed by atoms with Gasteiger partial charge in [-0.15, -0.1) is 0 Å². The largest absolute Gasteiger partial charge is 0.493 e. The van der Waals surface area contributed by atoms with Gasteiger partial charge in [-0.3, -0.25) is 9.69 Å². The second-order valence-electron chi connectivity index (χ2n) is 6.84. The van der Waals surface area contributed by atoms with Crippen LogP contribution in [0.1, 0.15) is 15.9 Å².